The van der Waals surface area contributed by atoms with E-state index in [1.165, 1.54) is 5.56 Å². The standard InChI is InChI=1S/C26H27NO4/c1-18(2)19-8-12-23(13-9-19)31-24-14-10-22(11-15-24)27-25(28)16-21(17-26(29)30)20-6-4-3-5-7-20/h3-15,18,21H,16-17H2,1-2H3,(H,27,28)(H,29,30). The maximum absolute atomic E-state index is 12.5. The topological polar surface area (TPSA) is 75.6 Å². The van der Waals surface area contributed by atoms with E-state index in [4.69, 9.17) is 4.74 Å². The summed E-state index contributed by atoms with van der Waals surface area (Å²) in [7, 11) is 0. The summed E-state index contributed by atoms with van der Waals surface area (Å²) in [6.07, 6.45) is -0.00340. The number of hydrogen-bond acceptors (Lipinski definition) is 3. The average molecular weight is 418 g/mol. The van der Waals surface area contributed by atoms with Gasteiger partial charge in [-0.3, -0.25) is 9.59 Å². The summed E-state index contributed by atoms with van der Waals surface area (Å²) >= 11 is 0. The van der Waals surface area contributed by atoms with Gasteiger partial charge in [0.2, 0.25) is 5.91 Å². The number of amides is 1. The van der Waals surface area contributed by atoms with E-state index in [1.807, 2.05) is 42.5 Å². The lowest BCUT2D eigenvalue weighted by Gasteiger charge is -2.15. The Morgan fingerprint density at radius 2 is 1.39 bits per heavy atom. The molecule has 0 saturated heterocycles. The molecule has 5 nitrogen and oxygen atoms in total. The zero-order chi connectivity index (χ0) is 22.2. The fraction of sp³-hybridized carbons (Fsp3) is 0.231. The van der Waals surface area contributed by atoms with Gasteiger partial charge in [-0.05, 0) is 53.4 Å². The summed E-state index contributed by atoms with van der Waals surface area (Å²) in [6.45, 7) is 4.29. The molecule has 1 amide bonds. The largest absolute Gasteiger partial charge is 0.481 e. The van der Waals surface area contributed by atoms with E-state index < -0.39 is 5.97 Å². The molecule has 5 heteroatoms. The quantitative estimate of drug-likeness (QED) is 0.435. The number of benzene rings is 3. The summed E-state index contributed by atoms with van der Waals surface area (Å²) < 4.78 is 5.86. The molecule has 160 valence electrons. The van der Waals surface area contributed by atoms with Gasteiger partial charge in [-0.1, -0.05) is 56.3 Å². The Morgan fingerprint density at radius 1 is 0.806 bits per heavy atom. The number of carbonyl (C=O) groups is 2. The summed E-state index contributed by atoms with van der Waals surface area (Å²) in [5, 5.41) is 12.0. The normalized spacial score (nSPS) is 11.7. The van der Waals surface area contributed by atoms with E-state index in [0.717, 1.165) is 11.3 Å². The lowest BCUT2D eigenvalue weighted by molar-refractivity contribution is -0.137. The lowest BCUT2D eigenvalue weighted by Crippen LogP contribution is -2.17. The zero-order valence-corrected chi connectivity index (χ0v) is 17.7. The monoisotopic (exact) mass is 417 g/mol. The Kier molecular flexibility index (Phi) is 7.44. The third-order valence-corrected chi connectivity index (χ3v) is 5.04. The van der Waals surface area contributed by atoms with Crippen LogP contribution in [0.5, 0.6) is 11.5 Å². The molecule has 0 saturated carbocycles. The van der Waals surface area contributed by atoms with Gasteiger partial charge in [0.15, 0.2) is 0 Å². The van der Waals surface area contributed by atoms with Gasteiger partial charge in [-0.15, -0.1) is 0 Å². The van der Waals surface area contributed by atoms with Crippen LogP contribution < -0.4 is 10.1 Å². The van der Waals surface area contributed by atoms with Gasteiger partial charge in [-0.2, -0.15) is 0 Å². The molecule has 0 aromatic heterocycles. The first-order valence-corrected chi connectivity index (χ1v) is 10.3. The van der Waals surface area contributed by atoms with Crippen molar-refractivity contribution in [2.45, 2.75) is 38.5 Å². The molecule has 0 aliphatic heterocycles. The molecule has 31 heavy (non-hydrogen) atoms. The minimum Gasteiger partial charge on any atom is -0.481 e. The third-order valence-electron chi connectivity index (χ3n) is 5.04. The molecule has 1 unspecified atom stereocenters. The first-order valence-electron chi connectivity index (χ1n) is 10.3. The van der Waals surface area contributed by atoms with Gasteiger partial charge in [0.05, 0.1) is 6.42 Å². The fourth-order valence-electron chi connectivity index (χ4n) is 3.34. The number of carboxylic acids is 1. The Labute approximate surface area is 182 Å². The molecule has 0 aliphatic carbocycles. The highest BCUT2D eigenvalue weighted by Crippen LogP contribution is 2.27. The van der Waals surface area contributed by atoms with Crippen molar-refractivity contribution >= 4 is 17.6 Å². The Hall–Kier alpha value is -3.60. The van der Waals surface area contributed by atoms with Crippen molar-refractivity contribution in [2.24, 2.45) is 0 Å². The maximum atomic E-state index is 12.5. The molecule has 2 N–H and O–H groups in total. The Balaban J connectivity index is 1.59. The van der Waals surface area contributed by atoms with Crippen molar-refractivity contribution < 1.29 is 19.4 Å². The lowest BCUT2D eigenvalue weighted by atomic mass is 9.92. The highest BCUT2D eigenvalue weighted by Gasteiger charge is 2.19. The van der Waals surface area contributed by atoms with Crippen molar-refractivity contribution in [3.05, 3.63) is 90.0 Å². The van der Waals surface area contributed by atoms with Gasteiger partial charge < -0.3 is 15.2 Å². The van der Waals surface area contributed by atoms with Crippen LogP contribution in [0, 0.1) is 0 Å². The van der Waals surface area contributed by atoms with E-state index in [-0.39, 0.29) is 24.7 Å². The van der Waals surface area contributed by atoms with Crippen molar-refractivity contribution in [2.75, 3.05) is 5.32 Å². The SMILES string of the molecule is CC(C)c1ccc(Oc2ccc(NC(=O)CC(CC(=O)O)c3ccccc3)cc2)cc1. The van der Waals surface area contributed by atoms with Crippen LogP contribution in [-0.2, 0) is 9.59 Å². The highest BCUT2D eigenvalue weighted by atomic mass is 16.5. The second kappa shape index (κ2) is 10.4. The van der Waals surface area contributed by atoms with E-state index in [2.05, 4.69) is 31.3 Å². The molecule has 0 bridgehead atoms. The highest BCUT2D eigenvalue weighted by molar-refractivity contribution is 5.91. The van der Waals surface area contributed by atoms with Gasteiger partial charge in [0.1, 0.15) is 11.5 Å². The van der Waals surface area contributed by atoms with Crippen molar-refractivity contribution in [3.63, 3.8) is 0 Å². The zero-order valence-electron chi connectivity index (χ0n) is 17.7. The van der Waals surface area contributed by atoms with Crippen LogP contribution in [0.15, 0.2) is 78.9 Å². The molecule has 0 aliphatic rings. The fourth-order valence-corrected chi connectivity index (χ4v) is 3.34. The third kappa shape index (κ3) is 6.71. The average Bonchev–Trinajstić information content (AvgIpc) is 2.75. The minimum atomic E-state index is -0.926. The van der Waals surface area contributed by atoms with E-state index in [9.17, 15) is 14.7 Å². The van der Waals surface area contributed by atoms with Gasteiger partial charge in [0.25, 0.3) is 0 Å². The molecule has 0 spiro atoms. The molecule has 3 aromatic rings. The van der Waals surface area contributed by atoms with E-state index in [0.29, 0.717) is 17.4 Å². The van der Waals surface area contributed by atoms with Crippen LogP contribution in [0.4, 0.5) is 5.69 Å². The number of anilines is 1. The van der Waals surface area contributed by atoms with Gasteiger partial charge >= 0.3 is 5.97 Å². The van der Waals surface area contributed by atoms with Gasteiger partial charge in [0, 0.05) is 18.0 Å². The summed E-state index contributed by atoms with van der Waals surface area (Å²) in [6, 6.07) is 24.3. The number of carbonyl (C=O) groups excluding carboxylic acids is 1. The number of ether oxygens (including phenoxy) is 1. The summed E-state index contributed by atoms with van der Waals surface area (Å²) in [4.78, 5) is 23.7. The second-order valence-corrected chi connectivity index (χ2v) is 7.81. The number of hydrogen-bond donors (Lipinski definition) is 2. The van der Waals surface area contributed by atoms with Crippen molar-refractivity contribution in [1.82, 2.24) is 0 Å². The summed E-state index contributed by atoms with van der Waals surface area (Å²) in [5.74, 6) is 0.352. The van der Waals surface area contributed by atoms with E-state index >= 15 is 0 Å². The number of carboxylic acid groups (broad SMARTS) is 1. The minimum absolute atomic E-state index is 0.0940. The van der Waals surface area contributed by atoms with Crippen LogP contribution in [0.1, 0.15) is 49.7 Å². The number of nitrogens with one attached hydrogen (secondary N) is 1. The summed E-state index contributed by atoms with van der Waals surface area (Å²) in [5.41, 5.74) is 2.73. The number of aliphatic carboxylic acids is 1. The van der Waals surface area contributed by atoms with E-state index in [1.54, 1.807) is 24.3 Å². The predicted octanol–water partition coefficient (Wildman–Crippen LogP) is 6.19. The number of rotatable bonds is 9. The predicted molar refractivity (Wildman–Crippen MR) is 122 cm³/mol. The van der Waals surface area contributed by atoms with Crippen LogP contribution in [0.2, 0.25) is 0 Å². The van der Waals surface area contributed by atoms with Gasteiger partial charge in [-0.25, -0.2) is 0 Å². The maximum Gasteiger partial charge on any atom is 0.303 e. The Morgan fingerprint density at radius 3 is 1.94 bits per heavy atom. The molecule has 3 rings (SSSR count). The molecule has 0 fully saturated rings. The molecule has 3 aromatic carbocycles. The van der Waals surface area contributed by atoms with Crippen LogP contribution in [0.3, 0.4) is 0 Å². The molecule has 1 atom stereocenters. The first-order chi connectivity index (χ1) is 14.9. The molecule has 0 radical (unpaired) electrons. The second-order valence-electron chi connectivity index (χ2n) is 7.81. The van der Waals surface area contributed by atoms with Crippen LogP contribution in [0.25, 0.3) is 0 Å². The van der Waals surface area contributed by atoms with Crippen molar-refractivity contribution in [1.29, 1.82) is 0 Å². The molecule has 0 heterocycles. The molecular weight excluding hydrogens is 390 g/mol. The van der Waals surface area contributed by atoms with Crippen LogP contribution in [-0.4, -0.2) is 17.0 Å². The first kappa shape index (κ1) is 22.1. The smallest absolute Gasteiger partial charge is 0.303 e. The Bertz CT molecular complexity index is 996. The van der Waals surface area contributed by atoms with Crippen molar-refractivity contribution in [3.8, 4) is 11.5 Å². The molecular formula is C26H27NO4. The van der Waals surface area contributed by atoms with Crippen LogP contribution >= 0.6 is 0 Å².